The topological polar surface area (TPSA) is 64.3 Å². The zero-order valence-corrected chi connectivity index (χ0v) is 12.2. The van der Waals surface area contributed by atoms with Gasteiger partial charge in [0.05, 0.1) is 31.3 Å². The van der Waals surface area contributed by atoms with Crippen LogP contribution in [0.4, 0.5) is 5.82 Å². The smallest absolute Gasteiger partial charge is 0.142 e. The number of nitrogens with zero attached hydrogens (tertiary/aromatic N) is 3. The Morgan fingerprint density at radius 2 is 1.86 bits per heavy atom. The van der Waals surface area contributed by atoms with E-state index in [4.69, 9.17) is 10.5 Å². The van der Waals surface area contributed by atoms with E-state index in [9.17, 15) is 0 Å². The van der Waals surface area contributed by atoms with E-state index in [-0.39, 0.29) is 0 Å². The van der Waals surface area contributed by atoms with Crippen LogP contribution in [0.2, 0.25) is 0 Å². The summed E-state index contributed by atoms with van der Waals surface area (Å²) in [6.45, 7) is 5.86. The van der Waals surface area contributed by atoms with E-state index in [1.54, 1.807) is 12.4 Å². The molecule has 1 fully saturated rings. The number of ether oxygens (including phenoxy) is 1. The van der Waals surface area contributed by atoms with Crippen LogP contribution in [0.1, 0.15) is 18.5 Å². The molecule has 0 amide bonds. The Morgan fingerprint density at radius 3 is 2.52 bits per heavy atom. The maximum atomic E-state index is 5.68. The Hall–Kier alpha value is -1.98. The molecular weight excluding hydrogens is 264 g/mol. The summed E-state index contributed by atoms with van der Waals surface area (Å²) in [4.78, 5) is 10.8. The van der Waals surface area contributed by atoms with E-state index in [2.05, 4.69) is 46.1 Å². The van der Waals surface area contributed by atoms with Crippen molar-refractivity contribution in [3.8, 4) is 11.3 Å². The number of anilines is 1. The summed E-state index contributed by atoms with van der Waals surface area (Å²) < 4.78 is 5.41. The minimum Gasteiger partial charge on any atom is -0.382 e. The van der Waals surface area contributed by atoms with Crippen LogP contribution in [0.3, 0.4) is 0 Å². The summed E-state index contributed by atoms with van der Waals surface area (Å²) in [5.41, 5.74) is 8.82. The normalized spacial score (nSPS) is 17.6. The second-order valence-electron chi connectivity index (χ2n) is 5.28. The summed E-state index contributed by atoms with van der Waals surface area (Å²) in [6, 6.07) is 8.86. The van der Waals surface area contributed by atoms with Crippen molar-refractivity contribution in [3.63, 3.8) is 0 Å². The lowest BCUT2D eigenvalue weighted by molar-refractivity contribution is 0.0198. The molecule has 1 saturated heterocycles. The van der Waals surface area contributed by atoms with Crippen LogP contribution in [0.15, 0.2) is 36.7 Å². The molecule has 2 heterocycles. The lowest BCUT2D eigenvalue weighted by Crippen LogP contribution is -2.37. The number of hydrogen-bond donors (Lipinski definition) is 1. The Bertz CT molecular complexity index is 593. The van der Waals surface area contributed by atoms with Crippen molar-refractivity contribution >= 4 is 5.82 Å². The average Bonchev–Trinajstić information content (AvgIpc) is 2.55. The molecule has 1 aliphatic heterocycles. The van der Waals surface area contributed by atoms with Gasteiger partial charge in [-0.3, -0.25) is 9.88 Å². The molecule has 1 aromatic carbocycles. The fourth-order valence-corrected chi connectivity index (χ4v) is 2.63. The third-order valence-electron chi connectivity index (χ3n) is 3.94. The maximum absolute atomic E-state index is 5.68. The van der Waals surface area contributed by atoms with E-state index in [0.717, 1.165) is 37.6 Å². The molecule has 2 aromatic rings. The van der Waals surface area contributed by atoms with Gasteiger partial charge in [-0.2, -0.15) is 0 Å². The number of benzene rings is 1. The summed E-state index contributed by atoms with van der Waals surface area (Å²) in [7, 11) is 0. The Labute approximate surface area is 124 Å². The second kappa shape index (κ2) is 6.20. The molecule has 0 radical (unpaired) electrons. The number of aromatic nitrogens is 2. The number of hydrogen-bond acceptors (Lipinski definition) is 5. The molecule has 5 heteroatoms. The van der Waals surface area contributed by atoms with Gasteiger partial charge in [0.1, 0.15) is 5.82 Å². The minimum absolute atomic E-state index is 0.398. The van der Waals surface area contributed by atoms with Gasteiger partial charge in [0.2, 0.25) is 0 Å². The van der Waals surface area contributed by atoms with Gasteiger partial charge in [0.15, 0.2) is 0 Å². The standard InChI is InChI=1S/C16H20N4O/c1-12(20-6-8-21-9-7-20)13-2-4-14(5-3-13)15-10-18-11-16(17)19-15/h2-5,10-12H,6-9H2,1H3,(H2,17,19). The van der Waals surface area contributed by atoms with Gasteiger partial charge in [-0.25, -0.2) is 4.98 Å². The number of morpholine rings is 1. The van der Waals surface area contributed by atoms with Gasteiger partial charge in [-0.15, -0.1) is 0 Å². The van der Waals surface area contributed by atoms with Gasteiger partial charge < -0.3 is 10.5 Å². The lowest BCUT2D eigenvalue weighted by Gasteiger charge is -2.32. The Balaban J connectivity index is 1.77. The first-order chi connectivity index (χ1) is 10.2. The highest BCUT2D eigenvalue weighted by atomic mass is 16.5. The molecule has 21 heavy (non-hydrogen) atoms. The van der Waals surface area contributed by atoms with Crippen molar-refractivity contribution in [2.45, 2.75) is 13.0 Å². The molecule has 0 aliphatic carbocycles. The highest BCUT2D eigenvalue weighted by Gasteiger charge is 2.18. The fourth-order valence-electron chi connectivity index (χ4n) is 2.63. The molecule has 1 unspecified atom stereocenters. The first-order valence-corrected chi connectivity index (χ1v) is 7.24. The van der Waals surface area contributed by atoms with Crippen molar-refractivity contribution in [3.05, 3.63) is 42.2 Å². The summed E-state index contributed by atoms with van der Waals surface area (Å²) >= 11 is 0. The number of rotatable bonds is 3. The van der Waals surface area contributed by atoms with Gasteiger partial charge in [-0.1, -0.05) is 24.3 Å². The third-order valence-corrected chi connectivity index (χ3v) is 3.94. The third kappa shape index (κ3) is 3.20. The first kappa shape index (κ1) is 14.0. The van der Waals surface area contributed by atoms with Crippen molar-refractivity contribution in [2.24, 2.45) is 0 Å². The molecule has 5 nitrogen and oxygen atoms in total. The first-order valence-electron chi connectivity index (χ1n) is 7.24. The van der Waals surface area contributed by atoms with E-state index in [0.29, 0.717) is 11.9 Å². The van der Waals surface area contributed by atoms with Crippen LogP contribution < -0.4 is 5.73 Å². The summed E-state index contributed by atoms with van der Waals surface area (Å²) in [5.74, 6) is 0.443. The van der Waals surface area contributed by atoms with Gasteiger partial charge in [-0.05, 0) is 12.5 Å². The summed E-state index contributed by atoms with van der Waals surface area (Å²) in [5, 5.41) is 0. The van der Waals surface area contributed by atoms with Crippen molar-refractivity contribution in [1.82, 2.24) is 14.9 Å². The van der Waals surface area contributed by atoms with Crippen LogP contribution in [0, 0.1) is 0 Å². The van der Waals surface area contributed by atoms with Crippen LogP contribution in [-0.4, -0.2) is 41.2 Å². The zero-order chi connectivity index (χ0) is 14.7. The molecule has 1 aliphatic rings. The molecule has 0 bridgehead atoms. The van der Waals surface area contributed by atoms with E-state index in [1.807, 2.05) is 0 Å². The van der Waals surface area contributed by atoms with Crippen molar-refractivity contribution in [1.29, 1.82) is 0 Å². The van der Waals surface area contributed by atoms with E-state index in [1.165, 1.54) is 5.56 Å². The van der Waals surface area contributed by atoms with Gasteiger partial charge in [0, 0.05) is 24.7 Å². The Morgan fingerprint density at radius 1 is 1.14 bits per heavy atom. The molecule has 1 aromatic heterocycles. The predicted octanol–water partition coefficient (Wildman–Crippen LogP) is 2.12. The highest BCUT2D eigenvalue weighted by Crippen LogP contribution is 2.24. The zero-order valence-electron chi connectivity index (χ0n) is 12.2. The second-order valence-corrected chi connectivity index (χ2v) is 5.28. The van der Waals surface area contributed by atoms with E-state index < -0.39 is 0 Å². The molecule has 110 valence electrons. The predicted molar refractivity (Wildman–Crippen MR) is 82.7 cm³/mol. The van der Waals surface area contributed by atoms with Crippen LogP contribution >= 0.6 is 0 Å². The fraction of sp³-hybridized carbons (Fsp3) is 0.375. The van der Waals surface area contributed by atoms with Crippen molar-refractivity contribution < 1.29 is 4.74 Å². The lowest BCUT2D eigenvalue weighted by atomic mass is 10.0. The maximum Gasteiger partial charge on any atom is 0.142 e. The molecular formula is C16H20N4O. The number of nitrogen functional groups attached to an aromatic ring is 1. The monoisotopic (exact) mass is 284 g/mol. The highest BCUT2D eigenvalue weighted by molar-refractivity contribution is 5.59. The van der Waals surface area contributed by atoms with Crippen LogP contribution in [0.5, 0.6) is 0 Å². The van der Waals surface area contributed by atoms with Crippen LogP contribution in [-0.2, 0) is 4.74 Å². The molecule has 1 atom stereocenters. The van der Waals surface area contributed by atoms with Gasteiger partial charge in [0.25, 0.3) is 0 Å². The van der Waals surface area contributed by atoms with E-state index >= 15 is 0 Å². The summed E-state index contributed by atoms with van der Waals surface area (Å²) in [6.07, 6.45) is 3.29. The van der Waals surface area contributed by atoms with Crippen molar-refractivity contribution in [2.75, 3.05) is 32.0 Å². The number of nitrogens with two attached hydrogens (primary N) is 1. The van der Waals surface area contributed by atoms with Gasteiger partial charge >= 0.3 is 0 Å². The molecule has 2 N–H and O–H groups in total. The molecule has 0 spiro atoms. The van der Waals surface area contributed by atoms with Crippen LogP contribution in [0.25, 0.3) is 11.3 Å². The average molecular weight is 284 g/mol. The largest absolute Gasteiger partial charge is 0.382 e. The Kier molecular flexibility index (Phi) is 4.13. The molecule has 0 saturated carbocycles. The molecule has 3 rings (SSSR count). The quantitative estimate of drug-likeness (QED) is 0.935. The SMILES string of the molecule is CC(c1ccc(-c2cncc(N)n2)cc1)N1CCOCC1. The minimum atomic E-state index is 0.398.